The lowest BCUT2D eigenvalue weighted by Gasteiger charge is -2.13. The van der Waals surface area contributed by atoms with Crippen molar-refractivity contribution in [2.75, 3.05) is 18.0 Å². The van der Waals surface area contributed by atoms with Gasteiger partial charge in [0.15, 0.2) is 0 Å². The number of nitrogens with two attached hydrogens (primary N) is 2. The Bertz CT molecular complexity index is 593. The number of aromatic hydroxyl groups is 1. The predicted octanol–water partition coefficient (Wildman–Crippen LogP) is 1.80. The number of rotatable bonds is 5. The zero-order chi connectivity index (χ0) is 14.5. The van der Waals surface area contributed by atoms with E-state index in [0.717, 1.165) is 5.56 Å². The van der Waals surface area contributed by atoms with Gasteiger partial charge in [0.05, 0.1) is 6.10 Å². The van der Waals surface area contributed by atoms with E-state index < -0.39 is 6.10 Å². The van der Waals surface area contributed by atoms with E-state index in [0.29, 0.717) is 30.0 Å². The van der Waals surface area contributed by atoms with E-state index in [2.05, 4.69) is 5.32 Å². The van der Waals surface area contributed by atoms with Crippen molar-refractivity contribution >= 4 is 23.8 Å². The summed E-state index contributed by atoms with van der Waals surface area (Å²) in [5.41, 5.74) is 14.4. The molecule has 0 aliphatic carbocycles. The van der Waals surface area contributed by atoms with E-state index in [1.54, 1.807) is 36.4 Å². The van der Waals surface area contributed by atoms with E-state index in [1.165, 1.54) is 0 Å². The molecule has 1 atom stereocenters. The van der Waals surface area contributed by atoms with Crippen LogP contribution in [0.4, 0.5) is 11.4 Å². The first-order valence-corrected chi connectivity index (χ1v) is 6.38. The molecule has 0 saturated carbocycles. The van der Waals surface area contributed by atoms with Crippen LogP contribution in [0.3, 0.4) is 0 Å². The lowest BCUT2D eigenvalue weighted by molar-refractivity contribution is 0.174. The third-order valence-electron chi connectivity index (χ3n) is 3.08. The van der Waals surface area contributed by atoms with Crippen molar-refractivity contribution in [2.24, 2.45) is 0 Å². The molecule has 6 heteroatoms. The van der Waals surface area contributed by atoms with Crippen LogP contribution < -0.4 is 16.8 Å². The normalized spacial score (nSPS) is 11.7. The Morgan fingerprint density at radius 2 is 1.86 bits per heavy atom. The molecular formula is C15H20ClN3O2. The molecule has 0 radical (unpaired) electrons. The Balaban J connectivity index is 0.00000220. The molecule has 2 rings (SSSR count). The van der Waals surface area contributed by atoms with Gasteiger partial charge in [-0.25, -0.2) is 0 Å². The summed E-state index contributed by atoms with van der Waals surface area (Å²) >= 11 is 0. The highest BCUT2D eigenvalue weighted by molar-refractivity contribution is 5.85. The first-order chi connectivity index (χ1) is 9.56. The Labute approximate surface area is 130 Å². The number of anilines is 2. The Morgan fingerprint density at radius 3 is 2.57 bits per heavy atom. The summed E-state index contributed by atoms with van der Waals surface area (Å²) in [6, 6.07) is 11.9. The van der Waals surface area contributed by atoms with E-state index >= 15 is 0 Å². The van der Waals surface area contributed by atoms with Crippen molar-refractivity contribution in [2.45, 2.75) is 12.6 Å². The number of aliphatic hydroxyl groups excluding tert-OH is 1. The molecule has 0 spiro atoms. The summed E-state index contributed by atoms with van der Waals surface area (Å²) in [5, 5.41) is 22.5. The summed E-state index contributed by atoms with van der Waals surface area (Å²) in [7, 11) is 0. The number of phenolic OH excluding ortho intramolecular Hbond substituents is 1. The zero-order valence-corrected chi connectivity index (χ0v) is 12.3. The maximum atomic E-state index is 10.0. The van der Waals surface area contributed by atoms with E-state index in [1.807, 2.05) is 6.07 Å². The van der Waals surface area contributed by atoms with Crippen LogP contribution in [0.2, 0.25) is 0 Å². The topological polar surface area (TPSA) is 105 Å². The van der Waals surface area contributed by atoms with E-state index in [-0.39, 0.29) is 18.2 Å². The number of hydrogen-bond donors (Lipinski definition) is 5. The largest absolute Gasteiger partial charge is 0.508 e. The maximum absolute atomic E-state index is 10.0. The highest BCUT2D eigenvalue weighted by Gasteiger charge is 2.08. The summed E-state index contributed by atoms with van der Waals surface area (Å²) in [6.45, 7) is 0.879. The lowest BCUT2D eigenvalue weighted by atomic mass is 10.1. The molecule has 1 unspecified atom stereocenters. The van der Waals surface area contributed by atoms with Crippen LogP contribution in [0.5, 0.6) is 5.75 Å². The standard InChI is InChI=1S/C15H19N3O2.ClH/c16-12-4-5-14(17)11(6-12)8-18-9-15(20)10-2-1-3-13(19)7-10;/h1-7,15,18-20H,8-9,16-17H2;1H. The maximum Gasteiger partial charge on any atom is 0.115 e. The van der Waals surface area contributed by atoms with Gasteiger partial charge in [-0.15, -0.1) is 12.4 Å². The highest BCUT2D eigenvalue weighted by atomic mass is 35.5. The van der Waals surface area contributed by atoms with Gasteiger partial charge in [0, 0.05) is 24.5 Å². The second kappa shape index (κ2) is 7.73. The summed E-state index contributed by atoms with van der Waals surface area (Å²) in [5.74, 6) is 0.140. The smallest absolute Gasteiger partial charge is 0.115 e. The molecule has 0 aromatic heterocycles. The van der Waals surface area contributed by atoms with E-state index in [4.69, 9.17) is 11.5 Å². The van der Waals surface area contributed by atoms with Crippen molar-refractivity contribution in [1.29, 1.82) is 0 Å². The van der Waals surface area contributed by atoms with Crippen molar-refractivity contribution in [3.8, 4) is 5.75 Å². The van der Waals surface area contributed by atoms with Crippen LogP contribution in [0.1, 0.15) is 17.2 Å². The monoisotopic (exact) mass is 309 g/mol. The molecule has 5 nitrogen and oxygen atoms in total. The molecule has 0 aliphatic heterocycles. The van der Waals surface area contributed by atoms with Gasteiger partial charge in [0.2, 0.25) is 0 Å². The second-order valence-corrected chi connectivity index (χ2v) is 4.70. The molecule has 0 saturated heterocycles. The van der Waals surface area contributed by atoms with Gasteiger partial charge in [-0.1, -0.05) is 12.1 Å². The molecule has 7 N–H and O–H groups in total. The summed E-state index contributed by atoms with van der Waals surface area (Å²) in [4.78, 5) is 0. The van der Waals surface area contributed by atoms with Crippen LogP contribution in [0.15, 0.2) is 42.5 Å². The number of aliphatic hydroxyl groups is 1. The molecule has 0 bridgehead atoms. The molecule has 0 amide bonds. The molecule has 0 aliphatic rings. The van der Waals surface area contributed by atoms with Crippen LogP contribution in [-0.4, -0.2) is 16.8 Å². The number of phenols is 1. The number of benzene rings is 2. The van der Waals surface area contributed by atoms with Gasteiger partial charge in [0.1, 0.15) is 5.75 Å². The average molecular weight is 310 g/mol. The predicted molar refractivity (Wildman–Crippen MR) is 87.3 cm³/mol. The molecule has 0 fully saturated rings. The van der Waals surface area contributed by atoms with Gasteiger partial charge in [-0.3, -0.25) is 0 Å². The van der Waals surface area contributed by atoms with Crippen molar-refractivity contribution in [3.05, 3.63) is 53.6 Å². The SMILES string of the molecule is Cl.Nc1ccc(N)c(CNCC(O)c2cccc(O)c2)c1. The number of hydrogen-bond acceptors (Lipinski definition) is 5. The van der Waals surface area contributed by atoms with Gasteiger partial charge in [-0.05, 0) is 41.5 Å². The van der Waals surface area contributed by atoms with Gasteiger partial charge in [-0.2, -0.15) is 0 Å². The fourth-order valence-electron chi connectivity index (χ4n) is 1.97. The Morgan fingerprint density at radius 1 is 1.10 bits per heavy atom. The fourth-order valence-corrected chi connectivity index (χ4v) is 1.97. The molecule has 21 heavy (non-hydrogen) atoms. The molecular weight excluding hydrogens is 290 g/mol. The van der Waals surface area contributed by atoms with Gasteiger partial charge >= 0.3 is 0 Å². The van der Waals surface area contributed by atoms with E-state index in [9.17, 15) is 10.2 Å². The summed E-state index contributed by atoms with van der Waals surface area (Å²) < 4.78 is 0. The Kier molecular flexibility index (Phi) is 6.30. The van der Waals surface area contributed by atoms with Crippen LogP contribution >= 0.6 is 12.4 Å². The minimum atomic E-state index is -0.690. The molecule has 0 heterocycles. The van der Waals surface area contributed by atoms with Gasteiger partial charge < -0.3 is 27.0 Å². The Hall–Kier alpha value is -1.95. The quantitative estimate of drug-likeness (QED) is 0.542. The number of nitrogens with one attached hydrogen (secondary N) is 1. The minimum absolute atomic E-state index is 0. The zero-order valence-electron chi connectivity index (χ0n) is 11.5. The van der Waals surface area contributed by atoms with Crippen LogP contribution in [-0.2, 0) is 6.54 Å². The number of nitrogen functional groups attached to an aromatic ring is 2. The van der Waals surface area contributed by atoms with Crippen molar-refractivity contribution in [3.63, 3.8) is 0 Å². The molecule has 2 aromatic carbocycles. The first-order valence-electron chi connectivity index (χ1n) is 6.38. The molecule has 114 valence electrons. The van der Waals surface area contributed by atoms with Gasteiger partial charge in [0.25, 0.3) is 0 Å². The lowest BCUT2D eigenvalue weighted by Crippen LogP contribution is -2.21. The minimum Gasteiger partial charge on any atom is -0.508 e. The van der Waals surface area contributed by atoms with Crippen molar-refractivity contribution < 1.29 is 10.2 Å². The van der Waals surface area contributed by atoms with Crippen LogP contribution in [0, 0.1) is 0 Å². The third kappa shape index (κ3) is 4.82. The second-order valence-electron chi connectivity index (χ2n) is 4.70. The fraction of sp³-hybridized carbons (Fsp3) is 0.200. The average Bonchev–Trinajstić information content (AvgIpc) is 2.42. The van der Waals surface area contributed by atoms with Crippen LogP contribution in [0.25, 0.3) is 0 Å². The first kappa shape index (κ1) is 17.1. The molecule has 2 aromatic rings. The highest BCUT2D eigenvalue weighted by Crippen LogP contribution is 2.18. The third-order valence-corrected chi connectivity index (χ3v) is 3.08. The number of halogens is 1. The van der Waals surface area contributed by atoms with Crippen molar-refractivity contribution in [1.82, 2.24) is 5.32 Å². The summed E-state index contributed by atoms with van der Waals surface area (Å²) in [6.07, 6.45) is -0.690.